The molecule has 26 heavy (non-hydrogen) atoms. The minimum Gasteiger partial charge on any atom is -0.466 e. The van der Waals surface area contributed by atoms with Crippen LogP contribution >= 0.6 is 0 Å². The molecule has 0 fully saturated rings. The van der Waals surface area contributed by atoms with Gasteiger partial charge in [0.05, 0.1) is 16.9 Å². The molecule has 0 aliphatic rings. The minimum absolute atomic E-state index is 0.197. The molecule has 6 heteroatoms. The van der Waals surface area contributed by atoms with Crippen molar-refractivity contribution in [1.29, 1.82) is 0 Å². The Bertz CT molecular complexity index is 730. The summed E-state index contributed by atoms with van der Waals surface area (Å²) < 4.78 is 30.3. The molecule has 0 N–H and O–H groups in total. The molecular weight excluding hydrogens is 350 g/mol. The minimum atomic E-state index is -3.57. The SMILES string of the molecule is C#[N+]C(CCCCCC(C)(C)C(=O)OCC)S(=O)(=O)c1ccc(C)cc1. The van der Waals surface area contributed by atoms with E-state index in [1.54, 1.807) is 31.2 Å². The summed E-state index contributed by atoms with van der Waals surface area (Å²) in [6.45, 7) is 13.2. The van der Waals surface area contributed by atoms with E-state index in [9.17, 15) is 13.2 Å². The third-order valence-corrected chi connectivity index (χ3v) is 6.46. The van der Waals surface area contributed by atoms with Crippen LogP contribution in [0.5, 0.6) is 0 Å². The van der Waals surface area contributed by atoms with E-state index < -0.39 is 20.6 Å². The van der Waals surface area contributed by atoms with E-state index in [0.29, 0.717) is 25.9 Å². The Kier molecular flexibility index (Phi) is 8.29. The van der Waals surface area contributed by atoms with Gasteiger partial charge in [0.2, 0.25) is 0 Å². The molecular formula is C20H30NO4S+. The van der Waals surface area contributed by atoms with Crippen molar-refractivity contribution >= 4 is 15.8 Å². The highest BCUT2D eigenvalue weighted by molar-refractivity contribution is 7.92. The second-order valence-electron chi connectivity index (χ2n) is 7.17. The van der Waals surface area contributed by atoms with Crippen LogP contribution in [-0.2, 0) is 19.4 Å². The number of hydrogen-bond donors (Lipinski definition) is 0. The van der Waals surface area contributed by atoms with Crippen molar-refractivity contribution in [2.75, 3.05) is 6.61 Å². The van der Waals surface area contributed by atoms with Crippen molar-refractivity contribution in [2.45, 2.75) is 70.1 Å². The second kappa shape index (κ2) is 9.72. The first-order valence-electron chi connectivity index (χ1n) is 9.03. The van der Waals surface area contributed by atoms with Gasteiger partial charge in [-0.05, 0) is 52.7 Å². The molecule has 0 heterocycles. The number of hydrogen-bond acceptors (Lipinski definition) is 4. The van der Waals surface area contributed by atoms with E-state index >= 15 is 0 Å². The monoisotopic (exact) mass is 380 g/mol. The first kappa shape index (κ1) is 22.2. The highest BCUT2D eigenvalue weighted by atomic mass is 32.2. The lowest BCUT2D eigenvalue weighted by molar-refractivity contribution is -0.153. The fraction of sp³-hybridized carbons (Fsp3) is 0.600. The Balaban J connectivity index is 2.54. The zero-order chi connectivity index (χ0) is 19.8. The van der Waals surface area contributed by atoms with Gasteiger partial charge in [-0.3, -0.25) is 4.79 Å². The van der Waals surface area contributed by atoms with Crippen LogP contribution in [0.3, 0.4) is 0 Å². The zero-order valence-corrected chi connectivity index (χ0v) is 17.0. The lowest BCUT2D eigenvalue weighted by Crippen LogP contribution is -2.26. The fourth-order valence-corrected chi connectivity index (χ4v) is 4.15. The molecule has 0 saturated carbocycles. The lowest BCUT2D eigenvalue weighted by Gasteiger charge is -2.21. The van der Waals surface area contributed by atoms with Gasteiger partial charge in [-0.1, -0.05) is 35.4 Å². The molecule has 1 aromatic carbocycles. The summed E-state index contributed by atoms with van der Waals surface area (Å²) >= 11 is 0. The largest absolute Gasteiger partial charge is 0.466 e. The van der Waals surface area contributed by atoms with Gasteiger partial charge in [0.25, 0.3) is 16.4 Å². The number of ether oxygens (including phenoxy) is 1. The van der Waals surface area contributed by atoms with Gasteiger partial charge in [-0.2, -0.15) is 0 Å². The van der Waals surface area contributed by atoms with E-state index in [1.807, 2.05) is 20.8 Å². The fourth-order valence-electron chi connectivity index (χ4n) is 2.69. The number of carbonyl (C=O) groups is 1. The molecule has 0 amide bonds. The van der Waals surface area contributed by atoms with Gasteiger partial charge in [-0.25, -0.2) is 8.42 Å². The Morgan fingerprint density at radius 3 is 2.35 bits per heavy atom. The van der Waals surface area contributed by atoms with Gasteiger partial charge in [0, 0.05) is 6.42 Å². The topological polar surface area (TPSA) is 64.8 Å². The molecule has 1 unspecified atom stereocenters. The van der Waals surface area contributed by atoms with Crippen LogP contribution in [0.15, 0.2) is 29.2 Å². The van der Waals surface area contributed by atoms with Crippen molar-refractivity contribution in [3.63, 3.8) is 0 Å². The van der Waals surface area contributed by atoms with Crippen molar-refractivity contribution in [1.82, 2.24) is 0 Å². The number of sulfone groups is 1. The van der Waals surface area contributed by atoms with Gasteiger partial charge < -0.3 is 4.74 Å². The van der Waals surface area contributed by atoms with Crippen LogP contribution in [0.4, 0.5) is 0 Å². The van der Waals surface area contributed by atoms with Crippen LogP contribution in [-0.4, -0.2) is 26.4 Å². The quantitative estimate of drug-likeness (QED) is 0.440. The van der Waals surface area contributed by atoms with E-state index in [0.717, 1.165) is 18.4 Å². The summed E-state index contributed by atoms with van der Waals surface area (Å²) in [6, 6.07) is 6.70. The van der Waals surface area contributed by atoms with Gasteiger partial charge in [-0.15, -0.1) is 0 Å². The number of aryl methyl sites for hydroxylation is 1. The van der Waals surface area contributed by atoms with Crippen LogP contribution in [0, 0.1) is 18.9 Å². The van der Waals surface area contributed by atoms with Crippen molar-refractivity contribution in [2.24, 2.45) is 5.41 Å². The molecule has 0 bridgehead atoms. The Morgan fingerprint density at radius 2 is 1.81 bits per heavy atom. The molecule has 0 saturated heterocycles. The normalized spacial score (nSPS) is 13.0. The number of esters is 1. The van der Waals surface area contributed by atoms with E-state index in [1.165, 1.54) is 0 Å². The number of nitrogens with zero attached hydrogens (tertiary/aromatic N) is 1. The first-order chi connectivity index (χ1) is 12.1. The van der Waals surface area contributed by atoms with E-state index in [2.05, 4.69) is 4.85 Å². The maximum atomic E-state index is 12.6. The molecule has 0 aliphatic heterocycles. The Labute approximate surface area is 157 Å². The maximum Gasteiger partial charge on any atom is 0.372 e. The average molecular weight is 381 g/mol. The lowest BCUT2D eigenvalue weighted by atomic mass is 9.87. The third kappa shape index (κ3) is 6.14. The summed E-state index contributed by atoms with van der Waals surface area (Å²) in [5, 5.41) is -0.941. The summed E-state index contributed by atoms with van der Waals surface area (Å²) in [7, 11) is -3.57. The number of unbranched alkanes of at least 4 members (excludes halogenated alkanes) is 2. The second-order valence-corrected chi connectivity index (χ2v) is 9.27. The molecule has 0 spiro atoms. The van der Waals surface area contributed by atoms with E-state index in [4.69, 9.17) is 11.3 Å². The number of carbonyl (C=O) groups excluding carboxylic acids is 1. The third-order valence-electron chi connectivity index (χ3n) is 4.45. The van der Waals surface area contributed by atoms with Gasteiger partial charge >= 0.3 is 11.3 Å². The Hall–Kier alpha value is -1.87. The number of benzene rings is 1. The van der Waals surface area contributed by atoms with Crippen molar-refractivity contribution < 1.29 is 17.9 Å². The summed E-state index contributed by atoms with van der Waals surface area (Å²) in [6.07, 6.45) is 3.36. The maximum absolute atomic E-state index is 12.6. The predicted octanol–water partition coefficient (Wildman–Crippen LogP) is 4.60. The molecule has 1 rings (SSSR count). The van der Waals surface area contributed by atoms with E-state index in [-0.39, 0.29) is 10.9 Å². The molecule has 0 aromatic heterocycles. The highest BCUT2D eigenvalue weighted by Crippen LogP contribution is 2.27. The summed E-state index contributed by atoms with van der Waals surface area (Å²) in [5.74, 6) is -0.197. The standard InChI is InChI=1S/C20H30NO4S/c1-6-25-19(22)20(3,4)15-9-7-8-10-18(21-5)26(23,24)17-13-11-16(2)12-14-17/h5,11-14,18H,6-10,15H2,1-4H3/q+1. The predicted molar refractivity (Wildman–Crippen MR) is 104 cm³/mol. The van der Waals surface area contributed by atoms with Gasteiger partial charge in [0.1, 0.15) is 0 Å². The first-order valence-corrected chi connectivity index (χ1v) is 10.6. The van der Waals surface area contributed by atoms with Crippen LogP contribution in [0.2, 0.25) is 0 Å². The van der Waals surface area contributed by atoms with Crippen LogP contribution < -0.4 is 0 Å². The van der Waals surface area contributed by atoms with Crippen LogP contribution in [0.25, 0.3) is 4.85 Å². The average Bonchev–Trinajstić information content (AvgIpc) is 2.58. The van der Waals surface area contributed by atoms with Gasteiger partial charge in [0.15, 0.2) is 0 Å². The molecule has 1 atom stereocenters. The smallest absolute Gasteiger partial charge is 0.372 e. The van der Waals surface area contributed by atoms with Crippen LogP contribution in [0.1, 0.15) is 58.4 Å². The molecule has 5 nitrogen and oxygen atoms in total. The van der Waals surface area contributed by atoms with Crippen molar-refractivity contribution in [3.05, 3.63) is 34.7 Å². The summed E-state index contributed by atoms with van der Waals surface area (Å²) in [5.41, 5.74) is 0.469. The Morgan fingerprint density at radius 1 is 1.19 bits per heavy atom. The molecule has 0 radical (unpaired) electrons. The summed E-state index contributed by atoms with van der Waals surface area (Å²) in [4.78, 5) is 15.7. The van der Waals surface area contributed by atoms with Crippen molar-refractivity contribution in [3.8, 4) is 6.57 Å². The molecule has 0 aliphatic carbocycles. The molecule has 1 aromatic rings. The number of rotatable bonds is 10. The highest BCUT2D eigenvalue weighted by Gasteiger charge is 2.35. The zero-order valence-electron chi connectivity index (χ0n) is 16.2. The molecule has 144 valence electrons.